The number of amides is 1. The first-order valence-electron chi connectivity index (χ1n) is 6.81. The maximum Gasteiger partial charge on any atom is 0.314 e. The van der Waals surface area contributed by atoms with Crippen molar-refractivity contribution in [2.75, 3.05) is 26.9 Å². The van der Waals surface area contributed by atoms with E-state index in [1.807, 2.05) is 0 Å². The fourth-order valence-corrected chi connectivity index (χ4v) is 2.78. The van der Waals surface area contributed by atoms with Crippen molar-refractivity contribution in [2.24, 2.45) is 5.41 Å². The first-order valence-corrected chi connectivity index (χ1v) is 7.19. The molecule has 1 aromatic carbocycles. The zero-order valence-corrected chi connectivity index (χ0v) is 12.9. The van der Waals surface area contributed by atoms with Gasteiger partial charge in [-0.3, -0.25) is 9.59 Å². The molecular formula is C15H17ClFNO4. The Morgan fingerprint density at radius 1 is 1.50 bits per heavy atom. The lowest BCUT2D eigenvalue weighted by molar-refractivity contribution is -0.149. The summed E-state index contributed by atoms with van der Waals surface area (Å²) in [7, 11) is 1.49. The van der Waals surface area contributed by atoms with E-state index >= 15 is 0 Å². The predicted octanol–water partition coefficient (Wildman–Crippen LogP) is 2.16. The lowest BCUT2D eigenvalue weighted by Gasteiger charge is -2.21. The smallest absolute Gasteiger partial charge is 0.314 e. The number of hydrogen-bond acceptors (Lipinski definition) is 3. The van der Waals surface area contributed by atoms with Crippen molar-refractivity contribution in [1.29, 1.82) is 0 Å². The molecular weight excluding hydrogens is 313 g/mol. The third-order valence-corrected chi connectivity index (χ3v) is 4.24. The molecule has 0 bridgehead atoms. The molecule has 1 fully saturated rings. The van der Waals surface area contributed by atoms with Gasteiger partial charge in [-0.05, 0) is 24.6 Å². The lowest BCUT2D eigenvalue weighted by atomic mass is 9.89. The summed E-state index contributed by atoms with van der Waals surface area (Å²) in [5.74, 6) is -0.935. The molecule has 7 heteroatoms. The number of carbonyl (C=O) groups excluding carboxylic acids is 1. The van der Waals surface area contributed by atoms with Crippen LogP contribution in [0.1, 0.15) is 12.0 Å². The van der Waals surface area contributed by atoms with Crippen molar-refractivity contribution in [3.8, 4) is 5.75 Å². The van der Waals surface area contributed by atoms with Gasteiger partial charge in [0.25, 0.3) is 0 Å². The Bertz CT molecular complexity index is 595. The highest BCUT2D eigenvalue weighted by Crippen LogP contribution is 2.32. The summed E-state index contributed by atoms with van der Waals surface area (Å²) in [6, 6.07) is 4.95. The van der Waals surface area contributed by atoms with E-state index in [4.69, 9.17) is 21.4 Å². The highest BCUT2D eigenvalue weighted by atomic mass is 35.5. The van der Waals surface area contributed by atoms with Gasteiger partial charge in [0, 0.05) is 23.7 Å². The summed E-state index contributed by atoms with van der Waals surface area (Å²) in [5.41, 5.74) is -0.860. The second kappa shape index (κ2) is 6.52. The summed E-state index contributed by atoms with van der Waals surface area (Å²) < 4.78 is 18.3. The molecule has 1 atom stereocenters. The van der Waals surface area contributed by atoms with Crippen LogP contribution in [0.25, 0.3) is 0 Å². The normalized spacial score (nSPS) is 21.0. The highest BCUT2D eigenvalue weighted by Gasteiger charge is 2.46. The minimum absolute atomic E-state index is 0.0335. The molecule has 1 aromatic rings. The van der Waals surface area contributed by atoms with Crippen LogP contribution in [0.2, 0.25) is 5.02 Å². The zero-order valence-electron chi connectivity index (χ0n) is 12.1. The van der Waals surface area contributed by atoms with E-state index in [9.17, 15) is 14.0 Å². The second-order valence-corrected chi connectivity index (χ2v) is 5.85. The van der Waals surface area contributed by atoms with E-state index in [-0.39, 0.29) is 31.8 Å². The molecule has 5 nitrogen and oxygen atoms in total. The Hall–Kier alpha value is -1.82. The quantitative estimate of drug-likeness (QED) is 0.899. The monoisotopic (exact) mass is 329 g/mol. The fraction of sp³-hybridized carbons (Fsp3) is 0.467. The first-order chi connectivity index (χ1) is 10.4. The number of carboxylic acid groups (broad SMARTS) is 1. The number of aliphatic carboxylic acids is 1. The number of carbonyl (C=O) groups is 2. The number of benzene rings is 1. The SMILES string of the molecule is COc1ccc(Cl)cc1CC(=O)N1CCC(CF)(C(=O)O)C1. The minimum atomic E-state index is -1.48. The van der Waals surface area contributed by atoms with Crippen LogP contribution in [0, 0.1) is 5.41 Å². The molecule has 0 aliphatic carbocycles. The van der Waals surface area contributed by atoms with E-state index in [2.05, 4.69) is 0 Å². The number of hydrogen-bond donors (Lipinski definition) is 1. The topological polar surface area (TPSA) is 66.8 Å². The van der Waals surface area contributed by atoms with Gasteiger partial charge >= 0.3 is 5.97 Å². The van der Waals surface area contributed by atoms with Crippen molar-refractivity contribution in [1.82, 2.24) is 4.90 Å². The van der Waals surface area contributed by atoms with E-state index in [1.165, 1.54) is 12.0 Å². The van der Waals surface area contributed by atoms with Gasteiger partial charge in [-0.15, -0.1) is 0 Å². The van der Waals surface area contributed by atoms with Crippen molar-refractivity contribution >= 4 is 23.5 Å². The Labute approximate surface area is 132 Å². The van der Waals surface area contributed by atoms with Crippen molar-refractivity contribution in [2.45, 2.75) is 12.8 Å². The molecule has 0 radical (unpaired) electrons. The van der Waals surface area contributed by atoms with Crippen LogP contribution in [0.5, 0.6) is 5.75 Å². The van der Waals surface area contributed by atoms with E-state index in [0.29, 0.717) is 16.3 Å². The Kier molecular flexibility index (Phi) is 4.90. The molecule has 0 saturated carbocycles. The van der Waals surface area contributed by atoms with Gasteiger partial charge < -0.3 is 14.7 Å². The van der Waals surface area contributed by atoms with Crippen LogP contribution in [-0.4, -0.2) is 48.8 Å². The number of alkyl halides is 1. The molecule has 1 saturated heterocycles. The maximum absolute atomic E-state index is 13.1. The van der Waals surface area contributed by atoms with E-state index in [1.54, 1.807) is 18.2 Å². The number of nitrogens with zero attached hydrogens (tertiary/aromatic N) is 1. The van der Waals surface area contributed by atoms with Crippen LogP contribution in [0.4, 0.5) is 4.39 Å². The molecule has 1 unspecified atom stereocenters. The van der Waals surface area contributed by atoms with Gasteiger partial charge in [0.1, 0.15) is 17.8 Å². The van der Waals surface area contributed by atoms with Crippen LogP contribution in [-0.2, 0) is 16.0 Å². The van der Waals surface area contributed by atoms with Gasteiger partial charge in [-0.1, -0.05) is 11.6 Å². The number of carboxylic acids is 1. The molecule has 1 heterocycles. The van der Waals surface area contributed by atoms with Crippen LogP contribution in [0.15, 0.2) is 18.2 Å². The van der Waals surface area contributed by atoms with Gasteiger partial charge in [-0.2, -0.15) is 0 Å². The summed E-state index contributed by atoms with van der Waals surface area (Å²) in [5, 5.41) is 9.64. The molecule has 1 N–H and O–H groups in total. The molecule has 1 aliphatic rings. The van der Waals surface area contributed by atoms with Gasteiger partial charge in [0.2, 0.25) is 5.91 Å². The Balaban J connectivity index is 2.11. The Morgan fingerprint density at radius 2 is 2.23 bits per heavy atom. The number of likely N-dealkylation sites (tertiary alicyclic amines) is 1. The first kappa shape index (κ1) is 16.5. The average Bonchev–Trinajstić information content (AvgIpc) is 2.93. The number of halogens is 2. The maximum atomic E-state index is 13.1. The van der Waals surface area contributed by atoms with Crippen LogP contribution >= 0.6 is 11.6 Å². The van der Waals surface area contributed by atoms with E-state index in [0.717, 1.165) is 0 Å². The van der Waals surface area contributed by atoms with Crippen molar-refractivity contribution in [3.05, 3.63) is 28.8 Å². The number of rotatable bonds is 5. The highest BCUT2D eigenvalue weighted by molar-refractivity contribution is 6.30. The van der Waals surface area contributed by atoms with Crippen molar-refractivity contribution < 1.29 is 23.8 Å². The molecule has 0 aromatic heterocycles. The second-order valence-electron chi connectivity index (χ2n) is 5.42. The summed E-state index contributed by atoms with van der Waals surface area (Å²) in [4.78, 5) is 24.9. The molecule has 1 aliphatic heterocycles. The average molecular weight is 330 g/mol. The van der Waals surface area contributed by atoms with Gasteiger partial charge in [0.15, 0.2) is 0 Å². The number of methoxy groups -OCH3 is 1. The summed E-state index contributed by atoms with van der Waals surface area (Å²) in [6.45, 7) is -0.856. The van der Waals surface area contributed by atoms with Gasteiger partial charge in [0.05, 0.1) is 13.5 Å². The zero-order chi connectivity index (χ0) is 16.3. The standard InChI is InChI=1S/C15H17ClFNO4/c1-22-12-3-2-11(16)6-10(12)7-13(19)18-5-4-15(8-17,9-18)14(20)21/h2-3,6H,4-5,7-9H2,1H3,(H,20,21). The third kappa shape index (κ3) is 3.16. The van der Waals surface area contributed by atoms with Gasteiger partial charge in [-0.25, -0.2) is 4.39 Å². The largest absolute Gasteiger partial charge is 0.496 e. The van der Waals surface area contributed by atoms with Crippen LogP contribution < -0.4 is 4.74 Å². The molecule has 0 spiro atoms. The van der Waals surface area contributed by atoms with Crippen molar-refractivity contribution in [3.63, 3.8) is 0 Å². The molecule has 22 heavy (non-hydrogen) atoms. The molecule has 2 rings (SSSR count). The fourth-order valence-electron chi connectivity index (χ4n) is 2.59. The third-order valence-electron chi connectivity index (χ3n) is 4.00. The summed E-state index contributed by atoms with van der Waals surface area (Å²) >= 11 is 5.92. The minimum Gasteiger partial charge on any atom is -0.496 e. The molecule has 120 valence electrons. The Morgan fingerprint density at radius 3 is 2.77 bits per heavy atom. The van der Waals surface area contributed by atoms with E-state index < -0.39 is 18.1 Å². The number of ether oxygens (including phenoxy) is 1. The summed E-state index contributed by atoms with van der Waals surface area (Å²) in [6.07, 6.45) is 0.156. The lowest BCUT2D eigenvalue weighted by Crippen LogP contribution is -2.39. The van der Waals surface area contributed by atoms with Crippen LogP contribution in [0.3, 0.4) is 0 Å². The predicted molar refractivity (Wildman–Crippen MR) is 78.9 cm³/mol. The molecule has 1 amide bonds.